The van der Waals surface area contributed by atoms with Gasteiger partial charge in [-0.05, 0) is 89.1 Å². The molecule has 19 nitrogen and oxygen atoms in total. The van der Waals surface area contributed by atoms with Gasteiger partial charge in [-0.3, -0.25) is 24.6 Å². The third kappa shape index (κ3) is 13.0. The number of alkyl halides is 6. The van der Waals surface area contributed by atoms with E-state index in [4.69, 9.17) is 4.74 Å². The van der Waals surface area contributed by atoms with Crippen molar-refractivity contribution in [2.45, 2.75) is 127 Å². The van der Waals surface area contributed by atoms with Crippen molar-refractivity contribution in [1.29, 1.82) is 0 Å². The molecule has 0 spiro atoms. The van der Waals surface area contributed by atoms with Gasteiger partial charge in [-0.1, -0.05) is 24.3 Å². The molecule has 4 fully saturated rings. The predicted molar refractivity (Wildman–Crippen MR) is 267 cm³/mol. The number of hydrogen-bond acceptors (Lipinski definition) is 14. The Morgan fingerprint density at radius 1 is 0.734 bits per heavy atom. The first-order valence-corrected chi connectivity index (χ1v) is 25.6. The molecular weight excluding hydrogens is 1060 g/mol. The van der Waals surface area contributed by atoms with E-state index in [2.05, 4.69) is 45.1 Å². The van der Waals surface area contributed by atoms with Crippen molar-refractivity contribution in [3.8, 4) is 22.4 Å². The number of rotatable bonds is 20. The van der Waals surface area contributed by atoms with Crippen molar-refractivity contribution in [3.05, 3.63) is 83.8 Å². The predicted octanol–water partition coefficient (Wildman–Crippen LogP) is 6.22. The van der Waals surface area contributed by atoms with E-state index in [0.717, 1.165) is 78.3 Å². The highest BCUT2D eigenvalue weighted by molar-refractivity contribution is 5.87. The van der Waals surface area contributed by atoms with E-state index in [9.17, 15) is 50.6 Å². The largest absolute Gasteiger partial charge is 0.453 e. The Morgan fingerprint density at radius 2 is 1.27 bits per heavy atom. The summed E-state index contributed by atoms with van der Waals surface area (Å²) in [6.07, 6.45) is -6.88. The zero-order valence-electron chi connectivity index (χ0n) is 44.1. The van der Waals surface area contributed by atoms with Crippen molar-refractivity contribution in [3.63, 3.8) is 0 Å². The van der Waals surface area contributed by atoms with Crippen LogP contribution >= 0.6 is 0 Å². The maximum atomic E-state index is 16.2. The number of nitrogens with zero attached hydrogens (tertiary/aromatic N) is 7. The number of piperazine rings is 1. The number of fused-ring (bicyclic) bond motifs is 2. The third-order valence-electron chi connectivity index (χ3n) is 15.4. The molecule has 4 amide bonds. The van der Waals surface area contributed by atoms with Crippen LogP contribution in [-0.2, 0) is 36.8 Å². The lowest BCUT2D eigenvalue weighted by atomic mass is 9.82. The average molecular weight is 1120 g/mol. The maximum absolute atomic E-state index is 16.2. The number of amides is 4. The molecule has 1 aliphatic carbocycles. The van der Waals surface area contributed by atoms with Gasteiger partial charge in [0.05, 0.1) is 68.2 Å². The molecule has 1 saturated carbocycles. The van der Waals surface area contributed by atoms with Crippen LogP contribution in [0.2, 0.25) is 0 Å². The van der Waals surface area contributed by atoms with Gasteiger partial charge in [0.15, 0.2) is 0 Å². The van der Waals surface area contributed by atoms with Crippen molar-refractivity contribution < 1.29 is 73.6 Å². The highest BCUT2D eigenvalue weighted by atomic mass is 19.4. The van der Waals surface area contributed by atoms with E-state index in [1.54, 1.807) is 53.6 Å². The van der Waals surface area contributed by atoms with Crippen molar-refractivity contribution in [1.82, 2.24) is 51.0 Å². The van der Waals surface area contributed by atoms with Gasteiger partial charge in [-0.15, -0.1) is 0 Å². The standard InChI is InChI=1S/C52H63F8N11O8/c1-49(2,51(55,56)57)42(64-47(75)77-5)44(73)63-40(17-28-7-9-29(10-8-28)31-20-61-46(62-21-31)68-22-33-13-14-34(23-68)71(33)35-26-79-27-35)41(72)25-69(67-45(74)43(65-48(76)78-6)50(3,4)52(58,59)60)24-36-37(53)18-30(19-38(36)54)39-15-16-70(66-39)32-11-12-32/h7-10,15-16,18-21,32-35,40-43,72H,11-14,17,22-27H2,1-6H3,(H,63,73)(H,64,75)(H,65,76)(H,67,74)/t33?,34?,40-,41-,42+,43+/m0/s1. The number of hydrazine groups is 1. The fraction of sp³-hybridized carbons (Fsp3) is 0.558. The zero-order valence-corrected chi connectivity index (χ0v) is 44.1. The number of methoxy groups -OCH3 is 2. The van der Waals surface area contributed by atoms with Crippen LogP contribution in [0.5, 0.6) is 0 Å². The summed E-state index contributed by atoms with van der Waals surface area (Å²) in [5.74, 6) is -4.97. The van der Waals surface area contributed by atoms with E-state index in [1.807, 2.05) is 10.6 Å². The fourth-order valence-electron chi connectivity index (χ4n) is 10.0. The van der Waals surface area contributed by atoms with Crippen molar-refractivity contribution in [2.75, 3.05) is 52.0 Å². The molecule has 2 aromatic carbocycles. The minimum Gasteiger partial charge on any atom is -0.453 e. The third-order valence-corrected chi connectivity index (χ3v) is 15.4. The van der Waals surface area contributed by atoms with Gasteiger partial charge in [-0.2, -0.15) is 31.4 Å². The van der Waals surface area contributed by atoms with E-state index in [0.29, 0.717) is 73.5 Å². The second-order valence-electron chi connectivity index (χ2n) is 21.5. The first kappa shape index (κ1) is 58.4. The Labute approximate surface area is 449 Å². The zero-order chi connectivity index (χ0) is 57.4. The summed E-state index contributed by atoms with van der Waals surface area (Å²) in [6.45, 7) is 3.39. The molecule has 27 heteroatoms. The molecule has 2 bridgehead atoms. The number of alkyl carbamates (subject to hydrolysis) is 2. The molecule has 0 radical (unpaired) electrons. The minimum atomic E-state index is -5.18. The van der Waals surface area contributed by atoms with Gasteiger partial charge < -0.3 is 40.2 Å². The molecule has 2 aromatic heterocycles. The summed E-state index contributed by atoms with van der Waals surface area (Å²) in [6, 6.07) is 4.51. The van der Waals surface area contributed by atoms with E-state index < -0.39 is 108 Å². The number of carbonyl (C=O) groups excluding carboxylic acids is 4. The fourth-order valence-corrected chi connectivity index (χ4v) is 10.0. The molecule has 6 atom stereocenters. The number of halogens is 8. The Kier molecular flexibility index (Phi) is 17.1. The average Bonchev–Trinajstić information content (AvgIpc) is 4.25. The van der Waals surface area contributed by atoms with Crippen LogP contribution in [0.15, 0.2) is 61.1 Å². The number of benzene rings is 2. The molecule has 2 unspecified atom stereocenters. The number of aromatic nitrogens is 4. The van der Waals surface area contributed by atoms with Crippen LogP contribution in [0.1, 0.15) is 70.5 Å². The molecule has 5 heterocycles. The summed E-state index contributed by atoms with van der Waals surface area (Å²) in [7, 11) is 1.68. The van der Waals surface area contributed by atoms with E-state index >= 15 is 8.78 Å². The van der Waals surface area contributed by atoms with Crippen molar-refractivity contribution in [2.24, 2.45) is 10.8 Å². The molecular formula is C52H63F8N11O8. The van der Waals surface area contributed by atoms with Gasteiger partial charge in [0.2, 0.25) is 11.9 Å². The minimum absolute atomic E-state index is 0.00862. The second-order valence-corrected chi connectivity index (χ2v) is 21.5. The number of nitrogens with one attached hydrogen (secondary N) is 4. The van der Waals surface area contributed by atoms with Crippen LogP contribution in [0.4, 0.5) is 50.7 Å². The van der Waals surface area contributed by atoms with E-state index in [1.165, 1.54) is 0 Å². The Morgan fingerprint density at radius 3 is 1.76 bits per heavy atom. The number of carbonyl (C=O) groups is 4. The normalized spacial score (nSPS) is 19.7. The lowest BCUT2D eigenvalue weighted by molar-refractivity contribution is -0.221. The summed E-state index contributed by atoms with van der Waals surface area (Å²) < 4.78 is 136. The second kappa shape index (κ2) is 23.2. The highest BCUT2D eigenvalue weighted by Gasteiger charge is 2.57. The number of aliphatic hydroxyl groups excluding tert-OH is 1. The van der Waals surface area contributed by atoms with Crippen LogP contribution in [0, 0.1) is 22.5 Å². The van der Waals surface area contributed by atoms with Gasteiger partial charge in [0.1, 0.15) is 23.7 Å². The summed E-state index contributed by atoms with van der Waals surface area (Å²) in [5.41, 5.74) is -2.91. The SMILES string of the molecule is COC(=O)N[C@H](C(=O)N[C@@H](Cc1ccc(-c2cnc(N3CC4CCC(C3)N4C3COC3)nc2)cc1)[C@@H](O)CN(Cc1c(F)cc(-c2ccn(C3CC3)n2)cc1F)NC(=O)[C@@H](NC(=O)OC)C(C)(C)C(F)(F)F)C(C)(C)C(F)(F)F. The topological polar surface area (TPSA) is 218 Å². The van der Waals surface area contributed by atoms with Crippen LogP contribution in [-0.4, -0.2) is 161 Å². The number of ether oxygens (including phenoxy) is 3. The summed E-state index contributed by atoms with van der Waals surface area (Å²) in [5, 5.41) is 23.3. The van der Waals surface area contributed by atoms with Gasteiger partial charge in [-0.25, -0.2) is 33.3 Å². The van der Waals surface area contributed by atoms with Gasteiger partial charge >= 0.3 is 24.5 Å². The lowest BCUT2D eigenvalue weighted by Crippen LogP contribution is -2.63. The monoisotopic (exact) mass is 1120 g/mol. The lowest BCUT2D eigenvalue weighted by Gasteiger charge is -2.47. The Balaban J connectivity index is 1.09. The Bertz CT molecular complexity index is 2790. The summed E-state index contributed by atoms with van der Waals surface area (Å²) >= 11 is 0. The quantitative estimate of drug-likeness (QED) is 0.0491. The molecule has 3 aliphatic heterocycles. The maximum Gasteiger partial charge on any atom is 0.407 e. The van der Waals surface area contributed by atoms with Gasteiger partial charge in [0, 0.05) is 73.5 Å². The molecule has 8 rings (SSSR count). The van der Waals surface area contributed by atoms with Crippen LogP contribution in [0.25, 0.3) is 22.4 Å². The van der Waals surface area contributed by atoms with E-state index in [-0.39, 0.29) is 17.3 Å². The number of aliphatic hydroxyl groups is 1. The van der Waals surface area contributed by atoms with Crippen LogP contribution < -0.4 is 26.3 Å². The number of hydrogen-bond donors (Lipinski definition) is 5. The first-order valence-electron chi connectivity index (χ1n) is 25.6. The van der Waals surface area contributed by atoms with Crippen molar-refractivity contribution >= 4 is 29.9 Å². The van der Waals surface area contributed by atoms with Gasteiger partial charge in [0.25, 0.3) is 5.91 Å². The molecule has 4 aromatic rings. The highest BCUT2D eigenvalue weighted by Crippen LogP contribution is 2.43. The molecule has 4 aliphatic rings. The molecule has 79 heavy (non-hydrogen) atoms. The Hall–Kier alpha value is -6.71. The summed E-state index contributed by atoms with van der Waals surface area (Å²) in [4.78, 5) is 67.2. The molecule has 5 N–H and O–H groups in total. The molecule has 3 saturated heterocycles. The first-order chi connectivity index (χ1) is 37.2. The van der Waals surface area contributed by atoms with Crippen LogP contribution in [0.3, 0.4) is 0 Å². The number of anilines is 1. The molecule has 430 valence electrons. The smallest absolute Gasteiger partial charge is 0.407 e.